The van der Waals surface area contributed by atoms with Crippen molar-refractivity contribution < 1.29 is 9.50 Å². The van der Waals surface area contributed by atoms with Crippen LogP contribution in [0, 0.1) is 19.7 Å². The molecule has 0 spiro atoms. The van der Waals surface area contributed by atoms with E-state index >= 15 is 0 Å². The summed E-state index contributed by atoms with van der Waals surface area (Å²) in [5, 5.41) is 9.25. The first kappa shape index (κ1) is 11.4. The summed E-state index contributed by atoms with van der Waals surface area (Å²) in [5.41, 5.74) is 7.31. The molecule has 0 amide bonds. The van der Waals surface area contributed by atoms with Gasteiger partial charge in [0.05, 0.1) is 12.6 Å². The molecule has 1 aromatic rings. The predicted molar refractivity (Wildman–Crippen MR) is 54.9 cm³/mol. The van der Waals surface area contributed by atoms with Crippen molar-refractivity contribution in [3.8, 4) is 0 Å². The molecule has 0 heterocycles. The van der Waals surface area contributed by atoms with Gasteiger partial charge in [-0.05, 0) is 31.0 Å². The van der Waals surface area contributed by atoms with Crippen LogP contribution < -0.4 is 5.73 Å². The summed E-state index contributed by atoms with van der Waals surface area (Å²) in [7, 11) is 0. The summed E-state index contributed by atoms with van der Waals surface area (Å²) in [6.45, 7) is 3.15. The summed E-state index contributed by atoms with van der Waals surface area (Å²) < 4.78 is 13.3. The monoisotopic (exact) mass is 217 g/mol. The first-order valence-electron chi connectivity index (χ1n) is 4.30. The van der Waals surface area contributed by atoms with Crippen molar-refractivity contribution in [1.82, 2.24) is 0 Å². The maximum atomic E-state index is 13.3. The molecule has 1 aromatic carbocycles. The standard InChI is InChI=1S/C10H13ClFNO/c1-5-7(9(13)4-14)3-8(12)6(2)10(5)11/h3,9,14H,4,13H2,1-2H3. The van der Waals surface area contributed by atoms with Crippen molar-refractivity contribution in [3.63, 3.8) is 0 Å². The first-order valence-corrected chi connectivity index (χ1v) is 4.68. The average molecular weight is 218 g/mol. The molecule has 0 aliphatic carbocycles. The minimum absolute atomic E-state index is 0.223. The van der Waals surface area contributed by atoms with E-state index in [4.69, 9.17) is 22.4 Å². The second-order valence-corrected chi connectivity index (χ2v) is 3.68. The molecular formula is C10H13ClFNO. The lowest BCUT2D eigenvalue weighted by Gasteiger charge is -2.15. The Balaban J connectivity index is 3.33. The molecule has 0 saturated heterocycles. The fourth-order valence-corrected chi connectivity index (χ4v) is 1.55. The Morgan fingerprint density at radius 1 is 1.50 bits per heavy atom. The van der Waals surface area contributed by atoms with Gasteiger partial charge in [-0.25, -0.2) is 4.39 Å². The van der Waals surface area contributed by atoms with Gasteiger partial charge in [-0.1, -0.05) is 11.6 Å². The largest absolute Gasteiger partial charge is 0.394 e. The molecule has 0 radical (unpaired) electrons. The normalized spacial score (nSPS) is 13.0. The summed E-state index contributed by atoms with van der Waals surface area (Å²) in [4.78, 5) is 0. The fraction of sp³-hybridized carbons (Fsp3) is 0.400. The molecule has 3 N–H and O–H groups in total. The Labute approximate surface area is 87.5 Å². The van der Waals surface area contributed by atoms with Gasteiger partial charge in [0.15, 0.2) is 0 Å². The minimum Gasteiger partial charge on any atom is -0.394 e. The van der Waals surface area contributed by atoms with Gasteiger partial charge < -0.3 is 10.8 Å². The van der Waals surface area contributed by atoms with Crippen molar-refractivity contribution in [2.45, 2.75) is 19.9 Å². The summed E-state index contributed by atoms with van der Waals surface area (Å²) in [6.07, 6.45) is 0. The molecule has 4 heteroatoms. The minimum atomic E-state index is -0.581. The number of aliphatic hydroxyl groups is 1. The predicted octanol–water partition coefficient (Wildman–Crippen LogP) is 2.09. The topological polar surface area (TPSA) is 46.2 Å². The number of benzene rings is 1. The van der Waals surface area contributed by atoms with E-state index in [1.807, 2.05) is 0 Å². The van der Waals surface area contributed by atoms with Gasteiger partial charge >= 0.3 is 0 Å². The molecule has 78 valence electrons. The molecule has 0 fully saturated rings. The van der Waals surface area contributed by atoms with Crippen molar-refractivity contribution >= 4 is 11.6 Å². The van der Waals surface area contributed by atoms with E-state index in [2.05, 4.69) is 0 Å². The second kappa shape index (κ2) is 4.26. The van der Waals surface area contributed by atoms with Crippen LogP contribution in [0.5, 0.6) is 0 Å². The lowest BCUT2D eigenvalue weighted by atomic mass is 9.99. The van der Waals surface area contributed by atoms with Gasteiger partial charge in [0.2, 0.25) is 0 Å². The molecule has 1 atom stereocenters. The van der Waals surface area contributed by atoms with Crippen LogP contribution in [0.2, 0.25) is 5.02 Å². The van der Waals surface area contributed by atoms with E-state index in [0.717, 1.165) is 5.56 Å². The Kier molecular flexibility index (Phi) is 3.48. The van der Waals surface area contributed by atoms with E-state index in [-0.39, 0.29) is 12.4 Å². The van der Waals surface area contributed by atoms with Crippen LogP contribution in [-0.4, -0.2) is 11.7 Å². The third-order valence-electron chi connectivity index (χ3n) is 2.33. The number of nitrogens with two attached hydrogens (primary N) is 1. The van der Waals surface area contributed by atoms with E-state index in [9.17, 15) is 4.39 Å². The van der Waals surface area contributed by atoms with E-state index in [1.54, 1.807) is 13.8 Å². The highest BCUT2D eigenvalue weighted by Crippen LogP contribution is 2.28. The average Bonchev–Trinajstić information content (AvgIpc) is 2.19. The number of rotatable bonds is 2. The van der Waals surface area contributed by atoms with Gasteiger partial charge in [0.1, 0.15) is 5.82 Å². The molecule has 2 nitrogen and oxygen atoms in total. The third kappa shape index (κ3) is 1.90. The van der Waals surface area contributed by atoms with Crippen molar-refractivity contribution in [2.75, 3.05) is 6.61 Å². The van der Waals surface area contributed by atoms with Crippen molar-refractivity contribution in [3.05, 3.63) is 33.6 Å². The van der Waals surface area contributed by atoms with Crippen LogP contribution >= 0.6 is 11.6 Å². The van der Waals surface area contributed by atoms with Crippen molar-refractivity contribution in [2.24, 2.45) is 5.73 Å². The highest BCUT2D eigenvalue weighted by Gasteiger charge is 2.15. The Morgan fingerprint density at radius 2 is 2.07 bits per heavy atom. The zero-order valence-corrected chi connectivity index (χ0v) is 8.90. The van der Waals surface area contributed by atoms with Gasteiger partial charge in [-0.3, -0.25) is 0 Å². The van der Waals surface area contributed by atoms with Crippen LogP contribution in [-0.2, 0) is 0 Å². The molecule has 0 bridgehead atoms. The quantitative estimate of drug-likeness (QED) is 0.797. The Bertz CT molecular complexity index is 354. The van der Waals surface area contributed by atoms with Crippen LogP contribution in [0.1, 0.15) is 22.7 Å². The van der Waals surface area contributed by atoms with Crippen LogP contribution in [0.4, 0.5) is 4.39 Å². The van der Waals surface area contributed by atoms with Gasteiger partial charge in [-0.15, -0.1) is 0 Å². The maximum Gasteiger partial charge on any atom is 0.127 e. The van der Waals surface area contributed by atoms with E-state index < -0.39 is 6.04 Å². The molecule has 1 unspecified atom stereocenters. The number of aliphatic hydroxyl groups excluding tert-OH is 1. The van der Waals surface area contributed by atoms with Gasteiger partial charge in [0, 0.05) is 10.6 Å². The van der Waals surface area contributed by atoms with Crippen LogP contribution in [0.25, 0.3) is 0 Å². The molecule has 14 heavy (non-hydrogen) atoms. The molecule has 1 rings (SSSR count). The van der Waals surface area contributed by atoms with Crippen molar-refractivity contribution in [1.29, 1.82) is 0 Å². The highest BCUT2D eigenvalue weighted by molar-refractivity contribution is 6.32. The highest BCUT2D eigenvalue weighted by atomic mass is 35.5. The lowest BCUT2D eigenvalue weighted by molar-refractivity contribution is 0.267. The maximum absolute atomic E-state index is 13.3. The number of hydrogen-bond acceptors (Lipinski definition) is 2. The van der Waals surface area contributed by atoms with Crippen LogP contribution in [0.3, 0.4) is 0 Å². The van der Waals surface area contributed by atoms with Gasteiger partial charge in [0.25, 0.3) is 0 Å². The lowest BCUT2D eigenvalue weighted by Crippen LogP contribution is -2.16. The second-order valence-electron chi connectivity index (χ2n) is 3.30. The zero-order valence-electron chi connectivity index (χ0n) is 8.14. The number of hydrogen-bond donors (Lipinski definition) is 2. The Morgan fingerprint density at radius 3 is 2.57 bits per heavy atom. The zero-order chi connectivity index (χ0) is 10.9. The molecular weight excluding hydrogens is 205 g/mol. The summed E-state index contributed by atoms with van der Waals surface area (Å²) in [5.74, 6) is -0.389. The molecule has 0 aromatic heterocycles. The third-order valence-corrected chi connectivity index (χ3v) is 2.90. The summed E-state index contributed by atoms with van der Waals surface area (Å²) >= 11 is 5.91. The first-order chi connectivity index (χ1) is 6.49. The molecule has 0 aliphatic heterocycles. The fourth-order valence-electron chi connectivity index (χ4n) is 1.35. The number of halogens is 2. The van der Waals surface area contributed by atoms with Crippen LogP contribution in [0.15, 0.2) is 6.07 Å². The molecule has 0 aliphatic rings. The van der Waals surface area contributed by atoms with Gasteiger partial charge in [-0.2, -0.15) is 0 Å². The smallest absolute Gasteiger partial charge is 0.127 e. The SMILES string of the molecule is Cc1c(F)cc(C(N)CO)c(C)c1Cl. The van der Waals surface area contributed by atoms with E-state index in [1.165, 1.54) is 6.07 Å². The van der Waals surface area contributed by atoms with E-state index in [0.29, 0.717) is 16.1 Å². The Hall–Kier alpha value is -0.640. The molecule has 0 saturated carbocycles. The summed E-state index contributed by atoms with van der Waals surface area (Å²) in [6, 6.07) is 0.750.